The van der Waals surface area contributed by atoms with Gasteiger partial charge in [0.2, 0.25) is 0 Å². The highest BCUT2D eigenvalue weighted by atomic mass is 16.5. The lowest BCUT2D eigenvalue weighted by molar-refractivity contribution is -0.141. The molecule has 82 valence electrons. The third-order valence-electron chi connectivity index (χ3n) is 1.79. The highest BCUT2D eigenvalue weighted by Gasteiger charge is 2.18. The van der Waals surface area contributed by atoms with E-state index in [1.807, 2.05) is 0 Å². The standard InChI is InChI=1S/C9H12N2O4/c1-6-4-7(10-15-6)9(13)11(2)5-8(12)14-3/h4H,5H2,1-3H3. The van der Waals surface area contributed by atoms with Crippen LogP contribution in [0.3, 0.4) is 0 Å². The molecule has 0 aliphatic heterocycles. The number of hydrogen-bond acceptors (Lipinski definition) is 5. The Morgan fingerprint density at radius 2 is 2.27 bits per heavy atom. The van der Waals surface area contributed by atoms with Crippen molar-refractivity contribution in [2.75, 3.05) is 20.7 Å². The van der Waals surface area contributed by atoms with Crippen LogP contribution < -0.4 is 0 Å². The van der Waals surface area contributed by atoms with Crippen LogP contribution in [-0.4, -0.2) is 42.6 Å². The Bertz CT molecular complexity index is 372. The Kier molecular flexibility index (Phi) is 3.43. The van der Waals surface area contributed by atoms with E-state index in [4.69, 9.17) is 4.52 Å². The number of nitrogens with zero attached hydrogens (tertiary/aromatic N) is 2. The van der Waals surface area contributed by atoms with Gasteiger partial charge in [0.15, 0.2) is 5.69 Å². The van der Waals surface area contributed by atoms with Gasteiger partial charge in [-0.15, -0.1) is 0 Å². The van der Waals surface area contributed by atoms with Crippen molar-refractivity contribution in [1.82, 2.24) is 10.1 Å². The van der Waals surface area contributed by atoms with Gasteiger partial charge in [0, 0.05) is 13.1 Å². The molecule has 1 heterocycles. The summed E-state index contributed by atoms with van der Waals surface area (Å²) in [5.41, 5.74) is 0.180. The van der Waals surface area contributed by atoms with Gasteiger partial charge in [-0.3, -0.25) is 9.59 Å². The van der Waals surface area contributed by atoms with Gasteiger partial charge in [0.05, 0.1) is 7.11 Å². The monoisotopic (exact) mass is 212 g/mol. The first kappa shape index (κ1) is 11.2. The summed E-state index contributed by atoms with van der Waals surface area (Å²) >= 11 is 0. The minimum atomic E-state index is -0.480. The fraction of sp³-hybridized carbons (Fsp3) is 0.444. The largest absolute Gasteiger partial charge is 0.468 e. The van der Waals surface area contributed by atoms with E-state index in [0.717, 1.165) is 0 Å². The summed E-state index contributed by atoms with van der Waals surface area (Å²) in [6.45, 7) is 1.57. The number of amides is 1. The van der Waals surface area contributed by atoms with Crippen molar-refractivity contribution in [1.29, 1.82) is 0 Å². The van der Waals surface area contributed by atoms with E-state index in [1.54, 1.807) is 6.92 Å². The zero-order chi connectivity index (χ0) is 11.4. The maximum absolute atomic E-state index is 11.6. The Hall–Kier alpha value is -1.85. The van der Waals surface area contributed by atoms with Crippen LogP contribution in [-0.2, 0) is 9.53 Å². The number of carbonyl (C=O) groups excluding carboxylic acids is 2. The van der Waals surface area contributed by atoms with Crippen molar-refractivity contribution in [2.24, 2.45) is 0 Å². The predicted octanol–water partition coefficient (Wildman–Crippen LogP) is 0.228. The number of aromatic nitrogens is 1. The number of rotatable bonds is 3. The van der Waals surface area contributed by atoms with E-state index in [0.29, 0.717) is 5.76 Å². The van der Waals surface area contributed by atoms with Crippen LogP contribution in [0.15, 0.2) is 10.6 Å². The number of methoxy groups -OCH3 is 1. The summed E-state index contributed by atoms with van der Waals surface area (Å²) in [6.07, 6.45) is 0. The summed E-state index contributed by atoms with van der Waals surface area (Å²) < 4.78 is 9.19. The van der Waals surface area contributed by atoms with Crippen molar-refractivity contribution in [3.8, 4) is 0 Å². The fourth-order valence-corrected chi connectivity index (χ4v) is 0.993. The van der Waals surface area contributed by atoms with Gasteiger partial charge in [0.1, 0.15) is 12.3 Å². The van der Waals surface area contributed by atoms with E-state index in [1.165, 1.54) is 25.1 Å². The van der Waals surface area contributed by atoms with E-state index >= 15 is 0 Å². The van der Waals surface area contributed by atoms with Crippen molar-refractivity contribution < 1.29 is 18.8 Å². The van der Waals surface area contributed by atoms with E-state index < -0.39 is 5.97 Å². The number of esters is 1. The minimum absolute atomic E-state index is 0.110. The molecule has 0 aliphatic rings. The maximum atomic E-state index is 11.6. The summed E-state index contributed by atoms with van der Waals surface area (Å²) in [5.74, 6) is -0.312. The molecule has 0 saturated heterocycles. The molecule has 0 bridgehead atoms. The second kappa shape index (κ2) is 4.59. The molecule has 0 unspecified atom stereocenters. The third kappa shape index (κ3) is 2.80. The summed E-state index contributed by atoms with van der Waals surface area (Å²) in [4.78, 5) is 23.7. The van der Waals surface area contributed by atoms with E-state index in [-0.39, 0.29) is 18.1 Å². The molecule has 0 aliphatic carbocycles. The van der Waals surface area contributed by atoms with Crippen LogP contribution in [0.2, 0.25) is 0 Å². The van der Waals surface area contributed by atoms with Gasteiger partial charge in [-0.2, -0.15) is 0 Å². The van der Waals surface area contributed by atoms with Crippen LogP contribution in [0.25, 0.3) is 0 Å². The molecule has 0 N–H and O–H groups in total. The predicted molar refractivity (Wildman–Crippen MR) is 50.2 cm³/mol. The molecule has 0 saturated carbocycles. The van der Waals surface area contributed by atoms with Gasteiger partial charge in [-0.05, 0) is 6.92 Å². The molecular formula is C9H12N2O4. The Balaban J connectivity index is 2.64. The van der Waals surface area contributed by atoms with Crippen LogP contribution in [0.5, 0.6) is 0 Å². The van der Waals surface area contributed by atoms with Crippen LogP contribution in [0.4, 0.5) is 0 Å². The smallest absolute Gasteiger partial charge is 0.325 e. The average Bonchev–Trinajstić information content (AvgIpc) is 2.63. The van der Waals surface area contributed by atoms with Crippen LogP contribution in [0.1, 0.15) is 16.2 Å². The molecule has 6 nitrogen and oxygen atoms in total. The number of carbonyl (C=O) groups is 2. The zero-order valence-electron chi connectivity index (χ0n) is 8.81. The molecule has 1 aromatic heterocycles. The fourth-order valence-electron chi connectivity index (χ4n) is 0.993. The summed E-state index contributed by atoms with van der Waals surface area (Å²) in [5, 5.41) is 3.55. The Labute approximate surface area is 86.8 Å². The molecule has 0 spiro atoms. The van der Waals surface area contributed by atoms with Crippen molar-refractivity contribution >= 4 is 11.9 Å². The summed E-state index contributed by atoms with van der Waals surface area (Å²) in [7, 11) is 2.75. The van der Waals surface area contributed by atoms with Crippen molar-refractivity contribution in [2.45, 2.75) is 6.92 Å². The SMILES string of the molecule is COC(=O)CN(C)C(=O)c1cc(C)on1. The lowest BCUT2D eigenvalue weighted by atomic mass is 10.3. The van der Waals surface area contributed by atoms with Crippen molar-refractivity contribution in [3.05, 3.63) is 17.5 Å². The van der Waals surface area contributed by atoms with Gasteiger partial charge in [-0.25, -0.2) is 0 Å². The molecule has 6 heteroatoms. The molecule has 0 radical (unpaired) electrons. The first-order chi connectivity index (χ1) is 7.04. The van der Waals surface area contributed by atoms with Crippen molar-refractivity contribution in [3.63, 3.8) is 0 Å². The topological polar surface area (TPSA) is 72.6 Å². The molecule has 0 aromatic carbocycles. The number of ether oxygens (including phenoxy) is 1. The first-order valence-corrected chi connectivity index (χ1v) is 4.30. The molecule has 1 aromatic rings. The zero-order valence-corrected chi connectivity index (χ0v) is 8.81. The minimum Gasteiger partial charge on any atom is -0.468 e. The second-order valence-electron chi connectivity index (χ2n) is 3.06. The molecule has 1 rings (SSSR count). The highest BCUT2D eigenvalue weighted by Crippen LogP contribution is 2.04. The number of hydrogen-bond donors (Lipinski definition) is 0. The van der Waals surface area contributed by atoms with Gasteiger partial charge in [0.25, 0.3) is 5.91 Å². The highest BCUT2D eigenvalue weighted by molar-refractivity contribution is 5.93. The molecule has 0 atom stereocenters. The normalized spacial score (nSPS) is 9.80. The van der Waals surface area contributed by atoms with Crippen LogP contribution >= 0.6 is 0 Å². The van der Waals surface area contributed by atoms with Gasteiger partial charge in [-0.1, -0.05) is 5.16 Å². The van der Waals surface area contributed by atoms with Gasteiger partial charge < -0.3 is 14.2 Å². The second-order valence-corrected chi connectivity index (χ2v) is 3.06. The quantitative estimate of drug-likeness (QED) is 0.670. The van der Waals surface area contributed by atoms with E-state index in [9.17, 15) is 9.59 Å². The van der Waals surface area contributed by atoms with E-state index in [2.05, 4.69) is 9.89 Å². The molecule has 1 amide bonds. The van der Waals surface area contributed by atoms with Crippen LogP contribution in [0, 0.1) is 6.92 Å². The number of likely N-dealkylation sites (N-methyl/N-ethyl adjacent to an activating group) is 1. The number of aryl methyl sites for hydroxylation is 1. The third-order valence-corrected chi connectivity index (χ3v) is 1.79. The Morgan fingerprint density at radius 3 is 2.73 bits per heavy atom. The lowest BCUT2D eigenvalue weighted by Gasteiger charge is -2.13. The first-order valence-electron chi connectivity index (χ1n) is 4.30. The molecular weight excluding hydrogens is 200 g/mol. The lowest BCUT2D eigenvalue weighted by Crippen LogP contribution is -2.32. The Morgan fingerprint density at radius 1 is 1.60 bits per heavy atom. The average molecular weight is 212 g/mol. The maximum Gasteiger partial charge on any atom is 0.325 e. The molecule has 0 fully saturated rings. The summed E-state index contributed by atoms with van der Waals surface area (Å²) in [6, 6.07) is 1.51. The van der Waals surface area contributed by atoms with Gasteiger partial charge >= 0.3 is 5.97 Å². The molecule has 15 heavy (non-hydrogen) atoms.